The van der Waals surface area contributed by atoms with Gasteiger partial charge in [0.1, 0.15) is 11.9 Å². The predicted molar refractivity (Wildman–Crippen MR) is 131 cm³/mol. The number of nitrogens with zero attached hydrogens (tertiary/aromatic N) is 4. The third-order valence-electron chi connectivity index (χ3n) is 6.67. The molecule has 2 N–H and O–H groups in total. The lowest BCUT2D eigenvalue weighted by Crippen LogP contribution is -2.47. The molecule has 2 saturated carbocycles. The zero-order valence-corrected chi connectivity index (χ0v) is 19.4. The molecule has 1 aliphatic heterocycles. The molecule has 3 aliphatic rings. The molecule has 0 unspecified atom stereocenters. The van der Waals surface area contributed by atoms with Crippen molar-refractivity contribution in [1.82, 2.24) is 14.8 Å². The van der Waals surface area contributed by atoms with Crippen molar-refractivity contribution >= 4 is 36.6 Å². The Labute approximate surface area is 200 Å². The number of amides is 1. The first kappa shape index (κ1) is 25.3. The second-order valence-electron chi connectivity index (χ2n) is 9.26. The molecule has 2 fully saturated rings. The van der Waals surface area contributed by atoms with Crippen LogP contribution < -0.4 is 15.5 Å². The summed E-state index contributed by atoms with van der Waals surface area (Å²) in [4.78, 5) is 19.2. The summed E-state index contributed by atoms with van der Waals surface area (Å²) < 4.78 is 28.6. The Morgan fingerprint density at radius 1 is 1.30 bits per heavy atom. The fourth-order valence-corrected chi connectivity index (χ4v) is 4.90. The quantitative estimate of drug-likeness (QED) is 0.635. The Balaban J connectivity index is 0.00000153. The average Bonchev–Trinajstić information content (AvgIpc) is 3.34. The number of fused-ring (bicyclic) bond motifs is 1. The average molecular weight is 481 g/mol. The van der Waals surface area contributed by atoms with Gasteiger partial charge in [-0.1, -0.05) is 7.43 Å². The van der Waals surface area contributed by atoms with Gasteiger partial charge in [0.15, 0.2) is 0 Å². The maximum Gasteiger partial charge on any atom is 0.248 e. The van der Waals surface area contributed by atoms with Gasteiger partial charge in [-0.2, -0.15) is 18.6 Å². The first-order chi connectivity index (χ1) is 14.8. The number of rotatable bonds is 6. The summed E-state index contributed by atoms with van der Waals surface area (Å²) in [6, 6.07) is 1.85. The number of likely N-dealkylation sites (N-methyl/N-ethyl adjacent to an activating group) is 1. The first-order valence-corrected chi connectivity index (χ1v) is 11.0. The Kier molecular flexibility index (Phi) is 7.26. The van der Waals surface area contributed by atoms with Crippen molar-refractivity contribution in [2.24, 2.45) is 11.8 Å². The molecule has 182 valence electrons. The number of carbonyl (C=O) groups is 1. The van der Waals surface area contributed by atoms with Gasteiger partial charge in [-0.3, -0.25) is 9.48 Å². The largest absolute Gasteiger partial charge is 0.366 e. The van der Waals surface area contributed by atoms with Crippen LogP contribution in [0.25, 0.3) is 0 Å². The standard InChI is InChI=1S/C22H28F2N6O.CH4.H2S/c1-13-19-17(29(2)20(16-3-4-16)21(31)28-19)7-18(27-13)25-9-15-10-26-30(12-15)11-14-5-6-22(23,24)8-14;;/h7,10,12,14,16,20H,3-6,8-9,11H2,1-2H3,(H,25,27)(H,28,31);1H4;1H2/t14-,20-;;/m0../s1. The van der Waals surface area contributed by atoms with E-state index in [1.807, 2.05) is 26.2 Å². The van der Waals surface area contributed by atoms with E-state index in [0.717, 1.165) is 41.3 Å². The number of carbonyl (C=O) groups excluding carboxylic acids is 1. The summed E-state index contributed by atoms with van der Waals surface area (Å²) in [6.45, 7) is 2.96. The van der Waals surface area contributed by atoms with Gasteiger partial charge in [0.2, 0.25) is 11.8 Å². The van der Waals surface area contributed by atoms with Crippen LogP contribution in [0.2, 0.25) is 0 Å². The van der Waals surface area contributed by atoms with Gasteiger partial charge in [-0.15, -0.1) is 0 Å². The molecule has 2 aromatic heterocycles. The number of aromatic nitrogens is 3. The van der Waals surface area contributed by atoms with Gasteiger partial charge in [0.25, 0.3) is 0 Å². The van der Waals surface area contributed by atoms with Crippen LogP contribution in [0.5, 0.6) is 0 Å². The SMILES string of the molecule is C.Cc1nc(NCc2cnn(C[C@H]3CCC(F)(F)C3)c2)cc2c1NC(=O)[C@H](C1CC1)N2C.S. The van der Waals surface area contributed by atoms with Crippen molar-refractivity contribution in [3.05, 3.63) is 29.7 Å². The molecule has 33 heavy (non-hydrogen) atoms. The highest BCUT2D eigenvalue weighted by molar-refractivity contribution is 7.59. The number of anilines is 3. The second-order valence-corrected chi connectivity index (χ2v) is 9.26. The molecule has 2 atom stereocenters. The van der Waals surface area contributed by atoms with E-state index in [0.29, 0.717) is 25.4 Å². The summed E-state index contributed by atoms with van der Waals surface area (Å²) in [6.07, 6.45) is 6.33. The van der Waals surface area contributed by atoms with Crippen molar-refractivity contribution in [2.75, 3.05) is 22.6 Å². The Morgan fingerprint density at radius 3 is 2.73 bits per heavy atom. The van der Waals surface area contributed by atoms with Crippen molar-refractivity contribution in [3.63, 3.8) is 0 Å². The lowest BCUT2D eigenvalue weighted by molar-refractivity contribution is -0.118. The molecule has 2 aliphatic carbocycles. The van der Waals surface area contributed by atoms with Crippen LogP contribution in [0.3, 0.4) is 0 Å². The molecular weight excluding hydrogens is 446 g/mol. The third kappa shape index (κ3) is 5.26. The van der Waals surface area contributed by atoms with E-state index in [1.54, 1.807) is 10.9 Å². The number of hydrogen-bond acceptors (Lipinski definition) is 5. The van der Waals surface area contributed by atoms with E-state index in [4.69, 9.17) is 0 Å². The van der Waals surface area contributed by atoms with Crippen LogP contribution in [0.15, 0.2) is 18.5 Å². The van der Waals surface area contributed by atoms with Gasteiger partial charge in [-0.25, -0.2) is 13.8 Å². The molecule has 0 radical (unpaired) electrons. The summed E-state index contributed by atoms with van der Waals surface area (Å²) in [5.74, 6) is -1.34. The van der Waals surface area contributed by atoms with Crippen molar-refractivity contribution in [2.45, 2.75) is 71.5 Å². The minimum absolute atomic E-state index is 0. The molecule has 0 saturated heterocycles. The number of halogens is 2. The Bertz CT molecular complexity index is 1010. The van der Waals surface area contributed by atoms with Crippen LogP contribution in [0.4, 0.5) is 26.0 Å². The van der Waals surface area contributed by atoms with E-state index < -0.39 is 5.92 Å². The maximum atomic E-state index is 13.4. The number of aryl methyl sites for hydroxylation is 1. The minimum Gasteiger partial charge on any atom is -0.366 e. The molecule has 5 rings (SSSR count). The number of nitrogens with one attached hydrogen (secondary N) is 2. The Morgan fingerprint density at radius 2 is 2.06 bits per heavy atom. The van der Waals surface area contributed by atoms with Gasteiger partial charge in [0.05, 0.1) is 23.3 Å². The molecule has 10 heteroatoms. The predicted octanol–water partition coefficient (Wildman–Crippen LogP) is 4.55. The van der Waals surface area contributed by atoms with E-state index in [9.17, 15) is 13.6 Å². The van der Waals surface area contributed by atoms with E-state index in [2.05, 4.69) is 25.6 Å². The fraction of sp³-hybridized carbons (Fsp3) is 0.609. The van der Waals surface area contributed by atoms with Crippen molar-refractivity contribution in [3.8, 4) is 0 Å². The first-order valence-electron chi connectivity index (χ1n) is 11.0. The van der Waals surface area contributed by atoms with Crippen molar-refractivity contribution < 1.29 is 13.6 Å². The molecule has 1 amide bonds. The van der Waals surface area contributed by atoms with Crippen LogP contribution in [-0.2, 0) is 17.9 Å². The smallest absolute Gasteiger partial charge is 0.248 e. The Hall–Kier alpha value is -2.36. The normalized spacial score (nSPS) is 23.3. The molecular formula is C23H34F2N6OS. The van der Waals surface area contributed by atoms with E-state index in [-0.39, 0.29) is 51.6 Å². The van der Waals surface area contributed by atoms with Gasteiger partial charge >= 0.3 is 0 Å². The summed E-state index contributed by atoms with van der Waals surface area (Å²) in [7, 11) is 1.97. The summed E-state index contributed by atoms with van der Waals surface area (Å²) in [5, 5.41) is 10.7. The highest BCUT2D eigenvalue weighted by atomic mass is 32.1. The van der Waals surface area contributed by atoms with E-state index >= 15 is 0 Å². The van der Waals surface area contributed by atoms with Crippen LogP contribution in [0, 0.1) is 18.8 Å². The zero-order chi connectivity index (χ0) is 21.8. The molecule has 0 aromatic carbocycles. The number of pyridine rings is 1. The second kappa shape index (κ2) is 9.48. The molecule has 2 aromatic rings. The maximum absolute atomic E-state index is 13.4. The number of alkyl halides is 2. The van der Waals surface area contributed by atoms with Gasteiger partial charge in [-0.05, 0) is 38.0 Å². The fourth-order valence-electron chi connectivity index (χ4n) is 4.90. The van der Waals surface area contributed by atoms with Gasteiger partial charge < -0.3 is 15.5 Å². The number of hydrogen-bond donors (Lipinski definition) is 2. The topological polar surface area (TPSA) is 75.1 Å². The molecule has 0 bridgehead atoms. The molecule has 0 spiro atoms. The zero-order valence-electron chi connectivity index (χ0n) is 18.4. The van der Waals surface area contributed by atoms with E-state index in [1.165, 1.54) is 0 Å². The van der Waals surface area contributed by atoms with Crippen molar-refractivity contribution in [1.29, 1.82) is 0 Å². The summed E-state index contributed by atoms with van der Waals surface area (Å²) >= 11 is 0. The highest BCUT2D eigenvalue weighted by Gasteiger charge is 2.43. The van der Waals surface area contributed by atoms with Crippen LogP contribution in [0.1, 0.15) is 50.8 Å². The van der Waals surface area contributed by atoms with Crippen LogP contribution in [-0.4, -0.2) is 39.7 Å². The lowest BCUT2D eigenvalue weighted by atomic mass is 10.0. The molecule has 7 nitrogen and oxygen atoms in total. The third-order valence-corrected chi connectivity index (χ3v) is 6.67. The van der Waals surface area contributed by atoms with Crippen LogP contribution >= 0.6 is 13.5 Å². The lowest BCUT2D eigenvalue weighted by Gasteiger charge is -2.36. The molecule has 3 heterocycles. The summed E-state index contributed by atoms with van der Waals surface area (Å²) in [5.41, 5.74) is 3.49. The minimum atomic E-state index is -2.52. The van der Waals surface area contributed by atoms with Gasteiger partial charge in [0, 0.05) is 50.8 Å². The highest BCUT2D eigenvalue weighted by Crippen LogP contribution is 2.43. The monoisotopic (exact) mass is 480 g/mol.